The van der Waals surface area contributed by atoms with E-state index in [1.807, 2.05) is 14.7 Å². The first kappa shape index (κ1) is 69.7. The highest BCUT2D eigenvalue weighted by molar-refractivity contribution is 6.36. The molecule has 3 aliphatic heterocycles. The molecular formula is C68H54Cl7N15O7. The molecule has 3 aromatic heterocycles. The highest BCUT2D eigenvalue weighted by Crippen LogP contribution is 2.30. The van der Waals surface area contributed by atoms with Crippen molar-refractivity contribution >= 4 is 169 Å². The van der Waals surface area contributed by atoms with Gasteiger partial charge in [0.25, 0.3) is 35.4 Å². The summed E-state index contributed by atoms with van der Waals surface area (Å²) in [6, 6.07) is 39.8. The average molecular weight is 1440 g/mol. The smallest absolute Gasteiger partial charge is 0.259 e. The van der Waals surface area contributed by atoms with E-state index in [0.29, 0.717) is 88.2 Å². The number of halogens is 7. The summed E-state index contributed by atoms with van der Waals surface area (Å²) in [5.41, 5.74) is 4.22. The van der Waals surface area contributed by atoms with Crippen LogP contribution in [0.1, 0.15) is 85.3 Å². The fraction of sp³-hybridized carbons (Fsp3) is 0.118. The van der Waals surface area contributed by atoms with Crippen LogP contribution in [-0.2, 0) is 0 Å². The number of carbonyl (C=O) groups is 6. The second-order valence-corrected chi connectivity index (χ2v) is 24.4. The largest absolute Gasteiger partial charge is 0.497 e. The van der Waals surface area contributed by atoms with Crippen LogP contribution in [0, 0.1) is 16.2 Å². The Morgan fingerprint density at radius 3 is 1.03 bits per heavy atom. The van der Waals surface area contributed by atoms with E-state index in [4.69, 9.17) is 102 Å². The van der Waals surface area contributed by atoms with Gasteiger partial charge in [-0.25, -0.2) is 15.0 Å². The molecule has 6 aromatic carbocycles. The number of ether oxygens (including phenoxy) is 1. The molecular weight excluding hydrogens is 1390 g/mol. The third kappa shape index (κ3) is 18.4. The van der Waals surface area contributed by atoms with Gasteiger partial charge in [0.05, 0.1) is 77.1 Å². The van der Waals surface area contributed by atoms with Crippen molar-refractivity contribution in [2.45, 2.75) is 6.42 Å². The molecule has 6 heterocycles. The number of rotatable bonds is 16. The number of carbonyl (C=O) groups excluding carboxylic acids is 6. The number of aromatic nitrogens is 3. The zero-order valence-corrected chi connectivity index (χ0v) is 56.1. The summed E-state index contributed by atoms with van der Waals surface area (Å²) in [5, 5.41) is 43.0. The van der Waals surface area contributed by atoms with Crippen molar-refractivity contribution in [3.8, 4) is 5.75 Å². The van der Waals surface area contributed by atoms with Crippen LogP contribution in [0.5, 0.6) is 5.75 Å². The highest BCUT2D eigenvalue weighted by atomic mass is 35.5. The molecule has 6 amide bonds. The number of amidine groups is 3. The maximum atomic E-state index is 12.9. The first-order valence-corrected chi connectivity index (χ1v) is 31.9. The molecule has 3 aliphatic rings. The lowest BCUT2D eigenvalue weighted by molar-refractivity contribution is 0.101. The third-order valence-electron chi connectivity index (χ3n) is 14.7. The minimum Gasteiger partial charge on any atom is -0.497 e. The van der Waals surface area contributed by atoms with Gasteiger partial charge in [0.1, 0.15) is 40.7 Å². The molecule has 0 spiro atoms. The van der Waals surface area contributed by atoms with Gasteiger partial charge >= 0.3 is 0 Å². The fourth-order valence-corrected chi connectivity index (χ4v) is 10.4. The van der Waals surface area contributed by atoms with Gasteiger partial charge in [0, 0.05) is 90.2 Å². The Kier molecular flexibility index (Phi) is 22.7. The Morgan fingerprint density at radius 1 is 0.351 bits per heavy atom. The second kappa shape index (κ2) is 31.6. The molecule has 0 bridgehead atoms. The lowest BCUT2D eigenvalue weighted by atomic mass is 10.1. The maximum absolute atomic E-state index is 12.9. The molecule has 3 fully saturated rings. The van der Waals surface area contributed by atoms with E-state index in [2.05, 4.69) is 46.9 Å². The Morgan fingerprint density at radius 2 is 0.680 bits per heavy atom. The summed E-state index contributed by atoms with van der Waals surface area (Å²) in [7, 11) is 1.49. The molecule has 29 heteroatoms. The number of benzene rings is 6. The number of pyridine rings is 3. The monoisotopic (exact) mass is 1440 g/mol. The van der Waals surface area contributed by atoms with E-state index in [-0.39, 0.29) is 55.1 Å². The molecule has 12 rings (SSSR count). The van der Waals surface area contributed by atoms with E-state index < -0.39 is 29.5 Å². The SMILES string of the molecule is COc1ccc(NC(=O)c2ccc(C(=N)N3CC3)cc2)c(C(=O)Nc2ccc(Cl)cn2)c1.N=C(c1ccc(C(=O)Nc2ccc(Cl)cc2C(=O)Nc2ccc(Cl)cn2)c(Cl)c1)N1CC1.N=C(c1ccc(C(=O)Nc2ccc(Cl)cc2C(=O)Nc2ccc(Cl)cn2)c(Cl)c1)N1CCC1. The van der Waals surface area contributed by atoms with Gasteiger partial charge < -0.3 is 51.3 Å². The Hall–Kier alpha value is -10.2. The van der Waals surface area contributed by atoms with Crippen LogP contribution in [0.2, 0.25) is 35.2 Å². The van der Waals surface area contributed by atoms with E-state index >= 15 is 0 Å². The highest BCUT2D eigenvalue weighted by Gasteiger charge is 2.27. The van der Waals surface area contributed by atoms with Gasteiger partial charge in [-0.15, -0.1) is 0 Å². The molecule has 0 aliphatic carbocycles. The van der Waals surface area contributed by atoms with Crippen molar-refractivity contribution in [2.75, 3.05) is 78.3 Å². The summed E-state index contributed by atoms with van der Waals surface area (Å²) in [4.78, 5) is 94.9. The number of anilines is 6. The van der Waals surface area contributed by atoms with Gasteiger partial charge in [-0.2, -0.15) is 0 Å². The molecule has 0 saturated carbocycles. The number of hydrogen-bond donors (Lipinski definition) is 9. The van der Waals surface area contributed by atoms with Crippen LogP contribution < -0.4 is 36.6 Å². The van der Waals surface area contributed by atoms with Crippen molar-refractivity contribution in [1.29, 1.82) is 16.2 Å². The van der Waals surface area contributed by atoms with Gasteiger partial charge in [-0.1, -0.05) is 105 Å². The van der Waals surface area contributed by atoms with E-state index in [0.717, 1.165) is 51.3 Å². The summed E-state index contributed by atoms with van der Waals surface area (Å²) < 4.78 is 5.23. The number of methoxy groups -OCH3 is 1. The van der Waals surface area contributed by atoms with Crippen LogP contribution in [0.4, 0.5) is 34.5 Å². The van der Waals surface area contributed by atoms with Crippen LogP contribution >= 0.6 is 81.2 Å². The van der Waals surface area contributed by atoms with Crippen molar-refractivity contribution in [3.05, 3.63) is 255 Å². The molecule has 0 unspecified atom stereocenters. The average Bonchev–Trinajstić information content (AvgIpc) is 1.56. The van der Waals surface area contributed by atoms with Crippen LogP contribution in [0.15, 0.2) is 170 Å². The van der Waals surface area contributed by atoms with Crippen molar-refractivity contribution in [3.63, 3.8) is 0 Å². The Bertz CT molecular complexity index is 4560. The summed E-state index contributed by atoms with van der Waals surface area (Å²) >= 11 is 42.3. The predicted octanol–water partition coefficient (Wildman–Crippen LogP) is 14.7. The predicted molar refractivity (Wildman–Crippen MR) is 381 cm³/mol. The lowest BCUT2D eigenvalue weighted by Crippen LogP contribution is -2.42. The topological polar surface area (TPSA) is 303 Å². The quantitative estimate of drug-likeness (QED) is 0.0247. The maximum Gasteiger partial charge on any atom is 0.259 e. The van der Waals surface area contributed by atoms with Gasteiger partial charge in [0.15, 0.2) is 0 Å². The van der Waals surface area contributed by atoms with Crippen LogP contribution in [-0.4, -0.2) is 129 Å². The zero-order chi connectivity index (χ0) is 69.0. The molecule has 9 aromatic rings. The number of nitrogens with zero attached hydrogens (tertiary/aromatic N) is 6. The molecule has 97 heavy (non-hydrogen) atoms. The summed E-state index contributed by atoms with van der Waals surface area (Å²) in [5.74, 6) is -0.277. The molecule has 9 N–H and O–H groups in total. The minimum atomic E-state index is -0.508. The first-order chi connectivity index (χ1) is 46.6. The van der Waals surface area contributed by atoms with Crippen molar-refractivity contribution < 1.29 is 33.5 Å². The second-order valence-electron chi connectivity index (χ2n) is 21.4. The Labute approximate surface area is 590 Å². The zero-order valence-electron chi connectivity index (χ0n) is 50.8. The summed E-state index contributed by atoms with van der Waals surface area (Å²) in [6.07, 6.45) is 5.30. The Balaban J connectivity index is 0.000000158. The van der Waals surface area contributed by atoms with Gasteiger partial charge in [-0.05, 0) is 134 Å². The number of likely N-dealkylation sites (tertiary alicyclic amines) is 1. The van der Waals surface area contributed by atoms with Gasteiger partial charge in [-0.3, -0.25) is 45.0 Å². The molecule has 0 atom stereocenters. The van der Waals surface area contributed by atoms with Gasteiger partial charge in [0.2, 0.25) is 0 Å². The molecule has 492 valence electrons. The number of nitrogens with one attached hydrogen (secondary N) is 9. The molecule has 3 saturated heterocycles. The summed E-state index contributed by atoms with van der Waals surface area (Å²) in [6.45, 7) is 5.12. The number of hydrogen-bond acceptors (Lipinski definition) is 13. The van der Waals surface area contributed by atoms with Crippen LogP contribution in [0.25, 0.3) is 0 Å². The fourth-order valence-electron chi connectivity index (χ4n) is 9.16. The van der Waals surface area contributed by atoms with Crippen LogP contribution in [0.3, 0.4) is 0 Å². The first-order valence-electron chi connectivity index (χ1n) is 29.3. The van der Waals surface area contributed by atoms with Crippen molar-refractivity contribution in [2.24, 2.45) is 0 Å². The normalized spacial score (nSPS) is 12.4. The third-order valence-corrected chi connectivity index (χ3v) is 16.4. The van der Waals surface area contributed by atoms with E-state index in [1.54, 1.807) is 121 Å². The number of amides is 6. The van der Waals surface area contributed by atoms with E-state index in [1.165, 1.54) is 56.0 Å². The lowest BCUT2D eigenvalue weighted by Gasteiger charge is -2.33. The van der Waals surface area contributed by atoms with Crippen molar-refractivity contribution in [1.82, 2.24) is 29.7 Å². The minimum absolute atomic E-state index is 0.152. The standard InChI is InChI=1S/C23H18Cl3N5O2.C23H20ClN5O3.C22H16Cl3N5O2/c24-14-3-6-19(17(11-14)23(33)30-20-7-4-15(25)12-28-20)29-22(32)16-5-2-13(10-18(16)26)21(27)31-8-1-9-31;1-32-17-7-8-19(18(12-17)23(31)28-20-9-6-16(24)13-26-20)27-22(30)15-4-2-14(3-5-15)21(25)29-10-11-29;23-13-2-5-18(16(10-13)22(32)29-19-6-3-14(24)11-27-19)28-21(31)15-4-1-12(9-17(15)25)20(26)30-7-8-30/h2-7,10-12,27H,1,8-9H2,(H,29,32)(H,28,30,33);2-9,12-13,25H,10-11H2,1H3,(H,27,30)(H,26,28,31);1-6,9-11,26H,7-8H2,(H,28,31)(H,27,29,32). The molecule has 0 radical (unpaired) electrons. The van der Waals surface area contributed by atoms with E-state index in [9.17, 15) is 28.8 Å². The molecule has 22 nitrogen and oxygen atoms in total.